The first-order chi connectivity index (χ1) is 14.2. The molecule has 7 heteroatoms. The average molecular weight is 459 g/mol. The summed E-state index contributed by atoms with van der Waals surface area (Å²) in [7, 11) is 0. The number of ether oxygens (including phenoxy) is 1. The molecule has 1 fully saturated rings. The highest BCUT2D eigenvalue weighted by Gasteiger charge is 2.14. The van der Waals surface area contributed by atoms with Gasteiger partial charge in [-0.15, -0.1) is 0 Å². The molecule has 0 saturated carbocycles. The molecule has 2 aromatic rings. The number of amides is 1. The summed E-state index contributed by atoms with van der Waals surface area (Å²) in [6.07, 6.45) is 0.891. The fourth-order valence-corrected chi connectivity index (χ4v) is 3.60. The number of hydrogen-bond donors (Lipinski definition) is 2. The van der Waals surface area contributed by atoms with E-state index in [-0.39, 0.29) is 5.91 Å². The number of morpholine rings is 1. The first-order valence-electron chi connectivity index (χ1n) is 9.92. The fraction of sp³-hybridized carbons (Fsp3) is 0.364. The molecule has 6 nitrogen and oxygen atoms in total. The zero-order chi connectivity index (χ0) is 20.5. The third-order valence-corrected chi connectivity index (χ3v) is 5.48. The molecular weight excluding hydrogens is 432 g/mol. The maximum Gasteiger partial charge on any atom is 0.259 e. The second kappa shape index (κ2) is 11.1. The Bertz CT molecular complexity index is 850. The van der Waals surface area contributed by atoms with Crippen molar-refractivity contribution >= 4 is 33.5 Å². The number of carbonyl (C=O) groups is 1. The SMILES string of the molecule is CCc1ccccc1NC(=NCCN1CCOCC1)NC(=O)c1ccccc1Br. The van der Waals surface area contributed by atoms with Crippen LogP contribution in [0.3, 0.4) is 0 Å². The second-order valence-electron chi connectivity index (χ2n) is 6.75. The van der Waals surface area contributed by atoms with Crippen LogP contribution in [-0.2, 0) is 11.2 Å². The number of aryl methyl sites for hydroxylation is 1. The molecule has 2 aromatic carbocycles. The lowest BCUT2D eigenvalue weighted by molar-refractivity contribution is 0.0394. The Morgan fingerprint density at radius 2 is 1.86 bits per heavy atom. The molecule has 0 radical (unpaired) electrons. The van der Waals surface area contributed by atoms with E-state index >= 15 is 0 Å². The van der Waals surface area contributed by atoms with E-state index < -0.39 is 0 Å². The van der Waals surface area contributed by atoms with E-state index in [1.807, 2.05) is 36.4 Å². The lowest BCUT2D eigenvalue weighted by atomic mass is 10.1. The maximum atomic E-state index is 12.8. The Kier molecular flexibility index (Phi) is 8.22. The Morgan fingerprint density at radius 3 is 2.62 bits per heavy atom. The number of carbonyl (C=O) groups excluding carboxylic acids is 1. The van der Waals surface area contributed by atoms with Crippen LogP contribution in [-0.4, -0.2) is 56.2 Å². The normalized spacial score (nSPS) is 15.2. The summed E-state index contributed by atoms with van der Waals surface area (Å²) in [6.45, 7) is 6.88. The van der Waals surface area contributed by atoms with Crippen LogP contribution >= 0.6 is 15.9 Å². The molecule has 0 aliphatic carbocycles. The molecule has 0 unspecified atom stereocenters. The average Bonchev–Trinajstić information content (AvgIpc) is 2.75. The zero-order valence-electron chi connectivity index (χ0n) is 16.7. The van der Waals surface area contributed by atoms with E-state index in [2.05, 4.69) is 49.4 Å². The predicted octanol–water partition coefficient (Wildman–Crippen LogP) is 3.54. The molecule has 3 rings (SSSR count). The van der Waals surface area contributed by atoms with E-state index in [9.17, 15) is 4.79 Å². The summed E-state index contributed by atoms with van der Waals surface area (Å²) in [5.41, 5.74) is 2.69. The van der Waals surface area contributed by atoms with E-state index in [1.165, 1.54) is 5.56 Å². The van der Waals surface area contributed by atoms with Crippen molar-refractivity contribution in [3.8, 4) is 0 Å². The molecule has 0 bridgehead atoms. The van der Waals surface area contributed by atoms with Gasteiger partial charge in [0.1, 0.15) is 0 Å². The molecule has 1 aliphatic rings. The maximum absolute atomic E-state index is 12.8. The molecule has 1 aliphatic heterocycles. The van der Waals surface area contributed by atoms with Crippen molar-refractivity contribution in [3.63, 3.8) is 0 Å². The summed E-state index contributed by atoms with van der Waals surface area (Å²) < 4.78 is 6.14. The van der Waals surface area contributed by atoms with Crippen LogP contribution in [0.1, 0.15) is 22.8 Å². The van der Waals surface area contributed by atoms with E-state index in [0.29, 0.717) is 18.1 Å². The Morgan fingerprint density at radius 1 is 1.14 bits per heavy atom. The minimum absolute atomic E-state index is 0.205. The van der Waals surface area contributed by atoms with Gasteiger partial charge in [0.05, 0.1) is 25.3 Å². The number of benzene rings is 2. The van der Waals surface area contributed by atoms with Gasteiger partial charge < -0.3 is 10.1 Å². The third kappa shape index (κ3) is 6.39. The fourth-order valence-electron chi connectivity index (χ4n) is 3.14. The van der Waals surface area contributed by atoms with Crippen LogP contribution in [0.2, 0.25) is 0 Å². The van der Waals surface area contributed by atoms with Gasteiger partial charge in [-0.05, 0) is 46.1 Å². The van der Waals surface area contributed by atoms with Crippen molar-refractivity contribution in [2.24, 2.45) is 4.99 Å². The van der Waals surface area contributed by atoms with Crippen LogP contribution in [0.15, 0.2) is 58.0 Å². The van der Waals surface area contributed by atoms with E-state index in [4.69, 9.17) is 4.74 Å². The number of aliphatic imine (C=N–C) groups is 1. The van der Waals surface area contributed by atoms with Gasteiger partial charge in [-0.3, -0.25) is 20.0 Å². The lowest BCUT2D eigenvalue weighted by Gasteiger charge is -2.25. The van der Waals surface area contributed by atoms with E-state index in [1.54, 1.807) is 6.07 Å². The molecule has 1 amide bonds. The minimum Gasteiger partial charge on any atom is -0.379 e. The van der Waals surface area contributed by atoms with Gasteiger partial charge in [0.25, 0.3) is 5.91 Å². The Hall–Kier alpha value is -2.22. The van der Waals surface area contributed by atoms with Gasteiger partial charge >= 0.3 is 0 Å². The first kappa shape index (κ1) is 21.5. The molecule has 2 N–H and O–H groups in total. The Labute approximate surface area is 180 Å². The largest absolute Gasteiger partial charge is 0.379 e. The summed E-state index contributed by atoms with van der Waals surface area (Å²) in [5.74, 6) is 0.254. The highest BCUT2D eigenvalue weighted by atomic mass is 79.9. The number of anilines is 1. The van der Waals surface area contributed by atoms with Crippen molar-refractivity contribution in [3.05, 3.63) is 64.1 Å². The number of rotatable bonds is 6. The standard InChI is InChI=1S/C22H27BrN4O2/c1-2-17-7-3-6-10-20(17)25-22(24-11-12-27-13-15-29-16-14-27)26-21(28)18-8-4-5-9-19(18)23/h3-10H,2,11-16H2,1H3,(H2,24,25,26,28). The molecule has 0 spiro atoms. The van der Waals surface area contributed by atoms with Crippen LogP contribution in [0, 0.1) is 0 Å². The predicted molar refractivity (Wildman–Crippen MR) is 121 cm³/mol. The van der Waals surface area contributed by atoms with E-state index in [0.717, 1.165) is 49.4 Å². The monoisotopic (exact) mass is 458 g/mol. The van der Waals surface area contributed by atoms with Crippen molar-refractivity contribution in [1.82, 2.24) is 10.2 Å². The van der Waals surface area contributed by atoms with Gasteiger partial charge in [0.15, 0.2) is 0 Å². The second-order valence-corrected chi connectivity index (χ2v) is 7.61. The summed E-state index contributed by atoms with van der Waals surface area (Å²) >= 11 is 3.44. The van der Waals surface area contributed by atoms with Crippen molar-refractivity contribution < 1.29 is 9.53 Å². The minimum atomic E-state index is -0.205. The number of para-hydroxylation sites is 1. The van der Waals surface area contributed by atoms with Gasteiger partial charge in [-0.1, -0.05) is 37.3 Å². The van der Waals surface area contributed by atoms with Crippen molar-refractivity contribution in [1.29, 1.82) is 0 Å². The molecule has 1 heterocycles. The highest BCUT2D eigenvalue weighted by Crippen LogP contribution is 2.17. The first-order valence-corrected chi connectivity index (χ1v) is 10.7. The summed E-state index contributed by atoms with van der Waals surface area (Å²) in [5, 5.41) is 6.25. The molecule has 0 atom stereocenters. The number of halogens is 1. The lowest BCUT2D eigenvalue weighted by Crippen LogP contribution is -2.39. The summed E-state index contributed by atoms with van der Waals surface area (Å²) in [4.78, 5) is 19.8. The Balaban J connectivity index is 1.73. The van der Waals surface area contributed by atoms with Gasteiger partial charge in [-0.25, -0.2) is 0 Å². The number of guanidine groups is 1. The molecule has 154 valence electrons. The van der Waals surface area contributed by atoms with Gasteiger partial charge in [-0.2, -0.15) is 0 Å². The number of nitrogens with one attached hydrogen (secondary N) is 2. The molecular formula is C22H27BrN4O2. The molecule has 29 heavy (non-hydrogen) atoms. The van der Waals surface area contributed by atoms with Crippen LogP contribution in [0.5, 0.6) is 0 Å². The van der Waals surface area contributed by atoms with Crippen LogP contribution in [0.25, 0.3) is 0 Å². The quantitative estimate of drug-likeness (QED) is 0.513. The number of hydrogen-bond acceptors (Lipinski definition) is 4. The van der Waals surface area contributed by atoms with Crippen molar-refractivity contribution in [2.45, 2.75) is 13.3 Å². The molecule has 1 saturated heterocycles. The van der Waals surface area contributed by atoms with Crippen LogP contribution in [0.4, 0.5) is 5.69 Å². The smallest absolute Gasteiger partial charge is 0.259 e. The van der Waals surface area contributed by atoms with Gasteiger partial charge in [0, 0.05) is 29.8 Å². The molecule has 0 aromatic heterocycles. The topological polar surface area (TPSA) is 66.0 Å². The number of nitrogens with zero attached hydrogens (tertiary/aromatic N) is 2. The third-order valence-electron chi connectivity index (χ3n) is 4.79. The van der Waals surface area contributed by atoms with Crippen molar-refractivity contribution in [2.75, 3.05) is 44.7 Å². The highest BCUT2D eigenvalue weighted by molar-refractivity contribution is 9.10. The van der Waals surface area contributed by atoms with Crippen LogP contribution < -0.4 is 10.6 Å². The van der Waals surface area contributed by atoms with Gasteiger partial charge in [0.2, 0.25) is 5.96 Å². The zero-order valence-corrected chi connectivity index (χ0v) is 18.2. The summed E-state index contributed by atoms with van der Waals surface area (Å²) in [6, 6.07) is 15.4.